The number of hydrogen-bond donors (Lipinski definition) is 1. The number of rotatable bonds is 8. The second kappa shape index (κ2) is 9.36. The highest BCUT2D eigenvalue weighted by atomic mass is 16.6. The Kier molecular flexibility index (Phi) is 7.51. The van der Waals surface area contributed by atoms with Gasteiger partial charge in [-0.15, -0.1) is 0 Å². The number of carbonyl (C=O) groups excluding carboxylic acids is 3. The summed E-state index contributed by atoms with van der Waals surface area (Å²) in [7, 11) is 0. The standard InChI is InChI=1S/C16H20N2O7/c1-4-24-15(20)8-11-7-14(18(22)23)12(9-16(21)25-5-2)6-13(11)17-10(3)19/h6-7H,4-5,8-9H2,1-3H3,(H,17,19). The number of benzene rings is 1. The number of esters is 2. The summed E-state index contributed by atoms with van der Waals surface area (Å²) in [4.78, 5) is 45.4. The second-order valence-corrected chi connectivity index (χ2v) is 5.04. The number of amides is 1. The molecule has 0 saturated heterocycles. The van der Waals surface area contributed by atoms with E-state index in [1.165, 1.54) is 13.0 Å². The van der Waals surface area contributed by atoms with Gasteiger partial charge in [0, 0.05) is 24.2 Å². The molecule has 136 valence electrons. The van der Waals surface area contributed by atoms with Gasteiger partial charge in [-0.2, -0.15) is 0 Å². The van der Waals surface area contributed by atoms with E-state index in [0.717, 1.165) is 6.07 Å². The molecule has 9 nitrogen and oxygen atoms in total. The Bertz CT molecular complexity index is 685. The maximum Gasteiger partial charge on any atom is 0.310 e. The smallest absolute Gasteiger partial charge is 0.310 e. The second-order valence-electron chi connectivity index (χ2n) is 5.04. The molecule has 0 aliphatic heterocycles. The van der Waals surface area contributed by atoms with E-state index in [1.807, 2.05) is 0 Å². The van der Waals surface area contributed by atoms with Crippen molar-refractivity contribution in [1.82, 2.24) is 0 Å². The minimum Gasteiger partial charge on any atom is -0.466 e. The van der Waals surface area contributed by atoms with Crippen molar-refractivity contribution in [3.63, 3.8) is 0 Å². The lowest BCUT2D eigenvalue weighted by Gasteiger charge is -2.12. The van der Waals surface area contributed by atoms with Crippen LogP contribution in [0.4, 0.5) is 11.4 Å². The van der Waals surface area contributed by atoms with Crippen LogP contribution in [-0.2, 0) is 36.7 Å². The summed E-state index contributed by atoms with van der Waals surface area (Å²) in [5, 5.41) is 13.8. The van der Waals surface area contributed by atoms with Gasteiger partial charge in [0.15, 0.2) is 0 Å². The lowest BCUT2D eigenvalue weighted by molar-refractivity contribution is -0.385. The lowest BCUT2D eigenvalue weighted by atomic mass is 10.0. The Hall–Kier alpha value is -2.97. The number of nitrogens with one attached hydrogen (secondary N) is 1. The molecule has 0 heterocycles. The maximum atomic E-state index is 11.7. The van der Waals surface area contributed by atoms with E-state index >= 15 is 0 Å². The summed E-state index contributed by atoms with van der Waals surface area (Å²) in [6, 6.07) is 2.47. The molecule has 9 heteroatoms. The minimum absolute atomic E-state index is 0.0832. The molecule has 0 radical (unpaired) electrons. The average molecular weight is 352 g/mol. The van der Waals surface area contributed by atoms with E-state index < -0.39 is 22.8 Å². The number of hydrogen-bond acceptors (Lipinski definition) is 7. The molecule has 25 heavy (non-hydrogen) atoms. The van der Waals surface area contributed by atoms with Crippen LogP contribution < -0.4 is 5.32 Å². The van der Waals surface area contributed by atoms with Gasteiger partial charge in [-0.05, 0) is 25.5 Å². The molecule has 1 aromatic rings. The Morgan fingerprint density at radius 2 is 1.56 bits per heavy atom. The van der Waals surface area contributed by atoms with Crippen molar-refractivity contribution in [3.05, 3.63) is 33.4 Å². The predicted molar refractivity (Wildman–Crippen MR) is 88.1 cm³/mol. The van der Waals surface area contributed by atoms with Crippen molar-refractivity contribution < 1.29 is 28.8 Å². The van der Waals surface area contributed by atoms with E-state index in [-0.39, 0.29) is 48.6 Å². The molecule has 0 fully saturated rings. The fourth-order valence-electron chi connectivity index (χ4n) is 2.18. The third-order valence-electron chi connectivity index (χ3n) is 3.09. The van der Waals surface area contributed by atoms with Crippen molar-refractivity contribution in [2.45, 2.75) is 33.6 Å². The molecule has 1 aromatic carbocycles. The largest absolute Gasteiger partial charge is 0.466 e. The SMILES string of the molecule is CCOC(=O)Cc1cc([N+](=O)[O-])c(CC(=O)OCC)cc1NC(C)=O. The molecule has 0 aliphatic rings. The summed E-state index contributed by atoms with van der Waals surface area (Å²) in [5.74, 6) is -1.62. The zero-order chi connectivity index (χ0) is 19.0. The van der Waals surface area contributed by atoms with E-state index in [4.69, 9.17) is 9.47 Å². The first kappa shape index (κ1) is 20.1. The van der Waals surface area contributed by atoms with Gasteiger partial charge in [0.05, 0.1) is 31.0 Å². The van der Waals surface area contributed by atoms with Crippen molar-refractivity contribution >= 4 is 29.2 Å². The molecule has 0 aliphatic carbocycles. The van der Waals surface area contributed by atoms with Crippen molar-refractivity contribution in [2.75, 3.05) is 18.5 Å². The maximum absolute atomic E-state index is 11.7. The Balaban J connectivity index is 3.33. The third-order valence-corrected chi connectivity index (χ3v) is 3.09. The van der Waals surface area contributed by atoms with E-state index in [0.29, 0.717) is 0 Å². The normalized spacial score (nSPS) is 10.0. The molecule has 0 aromatic heterocycles. The number of carbonyl (C=O) groups is 3. The van der Waals surface area contributed by atoms with Crippen molar-refractivity contribution in [1.29, 1.82) is 0 Å². The van der Waals surface area contributed by atoms with Gasteiger partial charge in [-0.3, -0.25) is 24.5 Å². The van der Waals surface area contributed by atoms with Gasteiger partial charge >= 0.3 is 11.9 Å². The fraction of sp³-hybridized carbons (Fsp3) is 0.438. The summed E-state index contributed by atoms with van der Waals surface area (Å²) >= 11 is 0. The van der Waals surface area contributed by atoms with Crippen LogP contribution in [0.15, 0.2) is 12.1 Å². The molecule has 0 saturated carbocycles. The van der Waals surface area contributed by atoms with E-state index in [1.54, 1.807) is 13.8 Å². The minimum atomic E-state index is -0.652. The number of anilines is 1. The molecule has 1 N–H and O–H groups in total. The summed E-state index contributed by atoms with van der Waals surface area (Å²) in [5.41, 5.74) is 0.194. The fourth-order valence-corrected chi connectivity index (χ4v) is 2.18. The van der Waals surface area contributed by atoms with Crippen LogP contribution >= 0.6 is 0 Å². The first-order chi connectivity index (χ1) is 11.8. The van der Waals surface area contributed by atoms with E-state index in [9.17, 15) is 24.5 Å². The van der Waals surface area contributed by atoms with Gasteiger partial charge in [0.1, 0.15) is 0 Å². The zero-order valence-electron chi connectivity index (χ0n) is 14.3. The molecule has 0 bridgehead atoms. The third kappa shape index (κ3) is 6.21. The monoisotopic (exact) mass is 352 g/mol. The highest BCUT2D eigenvalue weighted by molar-refractivity contribution is 5.91. The summed E-state index contributed by atoms with van der Waals surface area (Å²) < 4.78 is 9.64. The highest BCUT2D eigenvalue weighted by Gasteiger charge is 2.22. The number of nitrogens with zero attached hydrogens (tertiary/aromatic N) is 1. The van der Waals surface area contributed by atoms with Crippen LogP contribution in [-0.4, -0.2) is 36.0 Å². The molecule has 0 spiro atoms. The van der Waals surface area contributed by atoms with Gasteiger partial charge in [-0.1, -0.05) is 0 Å². The molecule has 1 rings (SSSR count). The van der Waals surface area contributed by atoms with Crippen molar-refractivity contribution in [2.24, 2.45) is 0 Å². The van der Waals surface area contributed by atoms with Gasteiger partial charge in [0.2, 0.25) is 5.91 Å². The molecule has 0 unspecified atom stereocenters. The van der Waals surface area contributed by atoms with Crippen LogP contribution in [0.1, 0.15) is 31.9 Å². The zero-order valence-corrected chi connectivity index (χ0v) is 14.3. The number of nitro groups is 1. The molecular formula is C16H20N2O7. The van der Waals surface area contributed by atoms with Crippen LogP contribution in [0.25, 0.3) is 0 Å². The quantitative estimate of drug-likeness (QED) is 0.429. The molecule has 0 atom stereocenters. The highest BCUT2D eigenvalue weighted by Crippen LogP contribution is 2.29. The summed E-state index contributed by atoms with van der Waals surface area (Å²) in [6.07, 6.45) is -0.569. The first-order valence-electron chi connectivity index (χ1n) is 7.67. The van der Waals surface area contributed by atoms with E-state index in [2.05, 4.69) is 5.32 Å². The number of ether oxygens (including phenoxy) is 2. The van der Waals surface area contributed by atoms with Gasteiger partial charge < -0.3 is 14.8 Å². The van der Waals surface area contributed by atoms with Crippen LogP contribution in [0.2, 0.25) is 0 Å². The van der Waals surface area contributed by atoms with Gasteiger partial charge in [0.25, 0.3) is 5.69 Å². The predicted octanol–water partition coefficient (Wildman–Crippen LogP) is 1.76. The van der Waals surface area contributed by atoms with Crippen LogP contribution in [0, 0.1) is 10.1 Å². The Morgan fingerprint density at radius 1 is 1.04 bits per heavy atom. The molecule has 1 amide bonds. The van der Waals surface area contributed by atoms with Gasteiger partial charge in [-0.25, -0.2) is 0 Å². The topological polar surface area (TPSA) is 125 Å². The van der Waals surface area contributed by atoms with Crippen LogP contribution in [0.3, 0.4) is 0 Å². The number of nitro benzene ring substituents is 1. The summed E-state index contributed by atoms with van der Waals surface area (Å²) in [6.45, 7) is 4.83. The first-order valence-corrected chi connectivity index (χ1v) is 7.67. The Labute approximate surface area is 144 Å². The van der Waals surface area contributed by atoms with Crippen LogP contribution in [0.5, 0.6) is 0 Å². The van der Waals surface area contributed by atoms with Crippen molar-refractivity contribution in [3.8, 4) is 0 Å². The average Bonchev–Trinajstić information content (AvgIpc) is 2.49. The lowest BCUT2D eigenvalue weighted by Crippen LogP contribution is -2.15. The Morgan fingerprint density at radius 3 is 2.00 bits per heavy atom. The molecular weight excluding hydrogens is 332 g/mol.